The minimum Gasteiger partial charge on any atom is -0.461 e. The summed E-state index contributed by atoms with van der Waals surface area (Å²) in [4.78, 5) is 37.2. The lowest BCUT2D eigenvalue weighted by Gasteiger charge is -2.14. The zero-order valence-electron chi connectivity index (χ0n) is 13.0. The van der Waals surface area contributed by atoms with Gasteiger partial charge in [-0.3, -0.25) is 19.3 Å². The van der Waals surface area contributed by atoms with Gasteiger partial charge in [0.05, 0.1) is 11.0 Å². The molecule has 1 saturated heterocycles. The predicted molar refractivity (Wildman–Crippen MR) is 95.0 cm³/mol. The summed E-state index contributed by atoms with van der Waals surface area (Å²) in [6.07, 6.45) is 1.90. The van der Waals surface area contributed by atoms with Gasteiger partial charge in [-0.15, -0.1) is 0 Å². The summed E-state index contributed by atoms with van der Waals surface area (Å²) in [5, 5.41) is 0.320. The summed E-state index contributed by atoms with van der Waals surface area (Å²) in [7, 11) is 0. The normalized spacial score (nSPS) is 17.5. The monoisotopic (exact) mass is 387 g/mol. The number of carbonyl (C=O) groups is 3. The van der Waals surface area contributed by atoms with Gasteiger partial charge in [0.1, 0.15) is 6.54 Å². The second kappa shape index (κ2) is 8.05. The number of thioether (sulfide) groups is 1. The third kappa shape index (κ3) is 4.53. The molecule has 1 atom stereocenters. The Morgan fingerprint density at radius 1 is 1.38 bits per heavy atom. The molecule has 1 aliphatic rings. The number of halogens is 2. The van der Waals surface area contributed by atoms with Gasteiger partial charge < -0.3 is 4.74 Å². The first kappa shape index (κ1) is 18.8. The van der Waals surface area contributed by atoms with Crippen molar-refractivity contribution in [3.8, 4) is 0 Å². The summed E-state index contributed by atoms with van der Waals surface area (Å²) in [6.45, 7) is 3.21. The van der Waals surface area contributed by atoms with E-state index in [0.29, 0.717) is 22.0 Å². The predicted octanol–water partition coefficient (Wildman–Crippen LogP) is 4.37. The number of imide groups is 1. The molecule has 0 saturated carbocycles. The Morgan fingerprint density at radius 2 is 2.08 bits per heavy atom. The van der Waals surface area contributed by atoms with Crippen LogP contribution in [0.1, 0.15) is 25.8 Å². The van der Waals surface area contributed by atoms with Gasteiger partial charge in [-0.1, -0.05) is 36.2 Å². The van der Waals surface area contributed by atoms with Crippen molar-refractivity contribution < 1.29 is 19.1 Å². The average molecular weight is 388 g/mol. The van der Waals surface area contributed by atoms with Gasteiger partial charge in [-0.05, 0) is 48.9 Å². The van der Waals surface area contributed by atoms with Crippen molar-refractivity contribution in [1.82, 2.24) is 4.90 Å². The third-order valence-electron chi connectivity index (χ3n) is 3.32. The molecule has 0 aromatic heterocycles. The topological polar surface area (TPSA) is 63.7 Å². The van der Waals surface area contributed by atoms with Crippen LogP contribution in [0.5, 0.6) is 0 Å². The Hall–Kier alpha value is -1.50. The van der Waals surface area contributed by atoms with Crippen LogP contribution in [0.2, 0.25) is 10.0 Å². The molecule has 0 radical (unpaired) electrons. The zero-order valence-corrected chi connectivity index (χ0v) is 15.4. The first-order valence-corrected chi connectivity index (χ1v) is 8.79. The maximum absolute atomic E-state index is 12.3. The van der Waals surface area contributed by atoms with E-state index in [1.807, 2.05) is 6.92 Å². The zero-order chi connectivity index (χ0) is 17.9. The number of benzene rings is 1. The van der Waals surface area contributed by atoms with E-state index >= 15 is 0 Å². The van der Waals surface area contributed by atoms with Gasteiger partial charge in [0.15, 0.2) is 0 Å². The molecule has 1 aromatic rings. The highest BCUT2D eigenvalue weighted by Gasteiger charge is 2.36. The van der Waals surface area contributed by atoms with Crippen molar-refractivity contribution in [3.05, 3.63) is 38.7 Å². The SMILES string of the molecule is CC[C@H](C)OC(=O)CN1C(=O)S/C(=C/c2ccc(Cl)cc2Cl)C1=O. The number of nitrogens with zero attached hydrogens (tertiary/aromatic N) is 1. The molecule has 0 spiro atoms. The van der Waals surface area contributed by atoms with E-state index in [9.17, 15) is 14.4 Å². The molecule has 0 bridgehead atoms. The molecule has 128 valence electrons. The Morgan fingerprint density at radius 3 is 2.71 bits per heavy atom. The second-order valence-electron chi connectivity index (χ2n) is 5.14. The molecule has 1 aliphatic heterocycles. The number of hydrogen-bond acceptors (Lipinski definition) is 5. The molecular weight excluding hydrogens is 373 g/mol. The highest BCUT2D eigenvalue weighted by Crippen LogP contribution is 2.33. The number of carbonyl (C=O) groups excluding carboxylic acids is 3. The van der Waals surface area contributed by atoms with E-state index in [1.54, 1.807) is 25.1 Å². The first-order valence-electron chi connectivity index (χ1n) is 7.21. The Labute approximate surface area is 153 Å². The van der Waals surface area contributed by atoms with Crippen molar-refractivity contribution in [2.24, 2.45) is 0 Å². The van der Waals surface area contributed by atoms with Crippen LogP contribution in [0.25, 0.3) is 6.08 Å². The number of ether oxygens (including phenoxy) is 1. The molecule has 24 heavy (non-hydrogen) atoms. The maximum atomic E-state index is 12.3. The van der Waals surface area contributed by atoms with E-state index in [1.165, 1.54) is 6.08 Å². The van der Waals surface area contributed by atoms with Gasteiger partial charge in [0.2, 0.25) is 0 Å². The van der Waals surface area contributed by atoms with E-state index < -0.39 is 23.7 Å². The van der Waals surface area contributed by atoms with Crippen LogP contribution in [0, 0.1) is 0 Å². The van der Waals surface area contributed by atoms with Gasteiger partial charge in [-0.25, -0.2) is 0 Å². The van der Waals surface area contributed by atoms with Gasteiger partial charge in [0, 0.05) is 10.0 Å². The number of amides is 2. The summed E-state index contributed by atoms with van der Waals surface area (Å²) in [5.74, 6) is -1.16. The van der Waals surface area contributed by atoms with Crippen molar-refractivity contribution in [1.29, 1.82) is 0 Å². The van der Waals surface area contributed by atoms with Crippen LogP contribution in [-0.2, 0) is 14.3 Å². The lowest BCUT2D eigenvalue weighted by molar-refractivity contribution is -0.150. The highest BCUT2D eigenvalue weighted by molar-refractivity contribution is 8.18. The van der Waals surface area contributed by atoms with E-state index in [0.717, 1.165) is 16.7 Å². The third-order valence-corrected chi connectivity index (χ3v) is 4.79. The molecule has 1 fully saturated rings. The molecule has 0 aliphatic carbocycles. The number of rotatable bonds is 5. The minimum absolute atomic E-state index is 0.195. The lowest BCUT2D eigenvalue weighted by atomic mass is 10.2. The standard InChI is InChI=1S/C16H15Cl2NO4S/c1-3-9(2)23-14(20)8-19-15(21)13(24-16(19)22)6-10-4-5-11(17)7-12(10)18/h4-7,9H,3,8H2,1-2H3/b13-6+/t9-/m0/s1. The highest BCUT2D eigenvalue weighted by atomic mass is 35.5. The molecule has 2 amide bonds. The van der Waals surface area contributed by atoms with Crippen LogP contribution >= 0.6 is 35.0 Å². The second-order valence-corrected chi connectivity index (χ2v) is 6.98. The van der Waals surface area contributed by atoms with Gasteiger partial charge in [0.25, 0.3) is 11.1 Å². The largest absolute Gasteiger partial charge is 0.461 e. The van der Waals surface area contributed by atoms with E-state index in [-0.39, 0.29) is 11.0 Å². The van der Waals surface area contributed by atoms with Crippen LogP contribution in [-0.4, -0.2) is 34.7 Å². The Kier molecular flexibility index (Phi) is 6.32. The molecule has 5 nitrogen and oxygen atoms in total. The van der Waals surface area contributed by atoms with Crippen LogP contribution in [0.4, 0.5) is 4.79 Å². The summed E-state index contributed by atoms with van der Waals surface area (Å²) >= 11 is 12.6. The quantitative estimate of drug-likeness (QED) is 0.554. The van der Waals surface area contributed by atoms with Crippen molar-refractivity contribution in [3.63, 3.8) is 0 Å². The van der Waals surface area contributed by atoms with Crippen LogP contribution in [0.15, 0.2) is 23.1 Å². The summed E-state index contributed by atoms with van der Waals surface area (Å²) in [6, 6.07) is 4.82. The maximum Gasteiger partial charge on any atom is 0.326 e. The summed E-state index contributed by atoms with van der Waals surface area (Å²) in [5.41, 5.74) is 0.564. The fourth-order valence-corrected chi connectivity index (χ4v) is 3.16. The van der Waals surface area contributed by atoms with Gasteiger partial charge in [-0.2, -0.15) is 0 Å². The van der Waals surface area contributed by atoms with Crippen molar-refractivity contribution in [2.45, 2.75) is 26.4 Å². The van der Waals surface area contributed by atoms with Crippen molar-refractivity contribution >= 4 is 58.2 Å². The molecule has 0 unspecified atom stereocenters. The van der Waals surface area contributed by atoms with Crippen LogP contribution < -0.4 is 0 Å². The molecule has 1 aromatic carbocycles. The first-order chi connectivity index (χ1) is 11.3. The Bertz CT molecular complexity index is 720. The lowest BCUT2D eigenvalue weighted by Crippen LogP contribution is -2.35. The fourth-order valence-electron chi connectivity index (χ4n) is 1.87. The molecule has 0 N–H and O–H groups in total. The van der Waals surface area contributed by atoms with Crippen LogP contribution in [0.3, 0.4) is 0 Å². The fraction of sp³-hybridized carbons (Fsp3) is 0.312. The van der Waals surface area contributed by atoms with Gasteiger partial charge >= 0.3 is 5.97 Å². The number of hydrogen-bond donors (Lipinski definition) is 0. The number of esters is 1. The van der Waals surface area contributed by atoms with E-state index in [4.69, 9.17) is 27.9 Å². The molecule has 8 heteroatoms. The Balaban J connectivity index is 2.13. The molecular formula is C16H15Cl2NO4S. The van der Waals surface area contributed by atoms with E-state index in [2.05, 4.69) is 0 Å². The summed E-state index contributed by atoms with van der Waals surface area (Å²) < 4.78 is 5.09. The van der Waals surface area contributed by atoms with Crippen molar-refractivity contribution in [2.75, 3.05) is 6.54 Å². The minimum atomic E-state index is -0.613. The smallest absolute Gasteiger partial charge is 0.326 e. The average Bonchev–Trinajstić information content (AvgIpc) is 2.77. The molecule has 1 heterocycles. The molecule has 2 rings (SSSR count).